The van der Waals surface area contributed by atoms with E-state index < -0.39 is 0 Å². The fraction of sp³-hybridized carbons (Fsp3) is 0.333. The van der Waals surface area contributed by atoms with E-state index in [2.05, 4.69) is 51.6 Å². The Bertz CT molecular complexity index is 841. The van der Waals surface area contributed by atoms with Gasteiger partial charge in [0.1, 0.15) is 5.82 Å². The number of benzene rings is 2. The summed E-state index contributed by atoms with van der Waals surface area (Å²) in [6, 6.07) is 18.7. The van der Waals surface area contributed by atoms with Crippen LogP contribution in [0.1, 0.15) is 30.1 Å². The molecule has 4 rings (SSSR count). The minimum Gasteiger partial charge on any atom is -0.362 e. The Hall–Kier alpha value is -2.40. The second-order valence-electron chi connectivity index (χ2n) is 6.89. The average molecular weight is 365 g/mol. The third-order valence-electron chi connectivity index (χ3n) is 5.04. The van der Waals surface area contributed by atoms with Crippen LogP contribution in [0.5, 0.6) is 0 Å². The summed E-state index contributed by atoms with van der Waals surface area (Å²) in [5, 5.41) is 4.29. The first kappa shape index (κ1) is 17.0. The Morgan fingerprint density at radius 1 is 1.15 bits per heavy atom. The van der Waals surface area contributed by atoms with E-state index in [1.165, 1.54) is 5.56 Å². The van der Waals surface area contributed by atoms with E-state index in [4.69, 9.17) is 17.2 Å². The van der Waals surface area contributed by atoms with E-state index >= 15 is 0 Å². The van der Waals surface area contributed by atoms with E-state index in [0.717, 1.165) is 60.9 Å². The van der Waals surface area contributed by atoms with Gasteiger partial charge in [0.25, 0.3) is 0 Å². The first-order valence-corrected chi connectivity index (χ1v) is 9.72. The molecule has 4 nitrogen and oxygen atoms in total. The molecule has 0 bridgehead atoms. The summed E-state index contributed by atoms with van der Waals surface area (Å²) in [7, 11) is 0. The fourth-order valence-corrected chi connectivity index (χ4v) is 3.89. The van der Waals surface area contributed by atoms with Crippen molar-refractivity contribution in [2.45, 2.75) is 25.2 Å². The lowest BCUT2D eigenvalue weighted by molar-refractivity contribution is 0.300. The van der Waals surface area contributed by atoms with Gasteiger partial charge in [-0.15, -0.1) is 0 Å². The predicted molar refractivity (Wildman–Crippen MR) is 110 cm³/mol. The van der Waals surface area contributed by atoms with Crippen molar-refractivity contribution in [1.82, 2.24) is 20.2 Å². The molecule has 0 amide bonds. The number of hydrogen-bond donors (Lipinski definition) is 2. The first-order valence-electron chi connectivity index (χ1n) is 9.31. The highest BCUT2D eigenvalue weighted by Crippen LogP contribution is 2.26. The van der Waals surface area contributed by atoms with Crippen LogP contribution < -0.4 is 5.32 Å². The third-order valence-corrected chi connectivity index (χ3v) is 5.44. The van der Waals surface area contributed by atoms with Crippen LogP contribution in [0, 0.1) is 0 Å². The van der Waals surface area contributed by atoms with Gasteiger partial charge in [0.15, 0.2) is 5.11 Å². The standard InChI is InChI=1S/C21H24N4S/c26-21(22-13-12-16-7-2-1-3-8-16)25-14-6-9-17(15-25)20-23-18-10-4-5-11-19(18)24-20/h1-5,7-8,10-11,17H,6,9,12-15H2,(H,22,26)(H,23,24)/t17-/m1/s1. The molecule has 2 heterocycles. The minimum atomic E-state index is 0.407. The largest absolute Gasteiger partial charge is 0.362 e. The van der Waals surface area contributed by atoms with Gasteiger partial charge in [-0.2, -0.15) is 0 Å². The summed E-state index contributed by atoms with van der Waals surface area (Å²) < 4.78 is 0. The smallest absolute Gasteiger partial charge is 0.168 e. The summed E-state index contributed by atoms with van der Waals surface area (Å²) >= 11 is 5.64. The van der Waals surface area contributed by atoms with E-state index in [-0.39, 0.29) is 0 Å². The molecule has 0 radical (unpaired) electrons. The highest BCUT2D eigenvalue weighted by atomic mass is 32.1. The molecule has 134 valence electrons. The predicted octanol–water partition coefficient (Wildman–Crippen LogP) is 3.86. The van der Waals surface area contributed by atoms with Crippen LogP contribution >= 0.6 is 12.2 Å². The second-order valence-corrected chi connectivity index (χ2v) is 7.28. The van der Waals surface area contributed by atoms with Crippen LogP contribution in [0.4, 0.5) is 0 Å². The molecule has 1 atom stereocenters. The fourth-order valence-electron chi connectivity index (χ4n) is 3.62. The summed E-state index contributed by atoms with van der Waals surface area (Å²) in [6.07, 6.45) is 3.28. The zero-order valence-electron chi connectivity index (χ0n) is 14.8. The van der Waals surface area contributed by atoms with Crippen LogP contribution in [0.2, 0.25) is 0 Å². The highest BCUT2D eigenvalue weighted by molar-refractivity contribution is 7.80. The number of aromatic amines is 1. The molecule has 5 heteroatoms. The van der Waals surface area contributed by atoms with Crippen molar-refractivity contribution in [3.63, 3.8) is 0 Å². The van der Waals surface area contributed by atoms with Crippen molar-refractivity contribution in [2.24, 2.45) is 0 Å². The third kappa shape index (κ3) is 3.88. The van der Waals surface area contributed by atoms with Crippen LogP contribution in [0.3, 0.4) is 0 Å². The molecule has 1 aliphatic rings. The van der Waals surface area contributed by atoms with Gasteiger partial charge in [-0.1, -0.05) is 42.5 Å². The van der Waals surface area contributed by atoms with E-state index in [1.807, 2.05) is 18.2 Å². The minimum absolute atomic E-state index is 0.407. The molecule has 2 aromatic carbocycles. The van der Waals surface area contributed by atoms with Crippen molar-refractivity contribution < 1.29 is 0 Å². The number of aromatic nitrogens is 2. The summed E-state index contributed by atoms with van der Waals surface area (Å²) in [5.41, 5.74) is 3.49. The number of piperidine rings is 1. The molecule has 0 saturated carbocycles. The summed E-state index contributed by atoms with van der Waals surface area (Å²) in [6.45, 7) is 2.82. The monoisotopic (exact) mass is 364 g/mol. The first-order chi connectivity index (χ1) is 12.8. The topological polar surface area (TPSA) is 44.0 Å². The molecular weight excluding hydrogens is 340 g/mol. The second kappa shape index (κ2) is 7.87. The van der Waals surface area contributed by atoms with Gasteiger partial charge in [0.05, 0.1) is 11.0 Å². The molecule has 1 aromatic heterocycles. The van der Waals surface area contributed by atoms with Gasteiger partial charge in [0.2, 0.25) is 0 Å². The normalized spacial score (nSPS) is 17.4. The molecule has 3 aromatic rings. The number of imidazole rings is 1. The van der Waals surface area contributed by atoms with Crippen LogP contribution in [-0.2, 0) is 6.42 Å². The van der Waals surface area contributed by atoms with Crippen LogP contribution in [0.15, 0.2) is 54.6 Å². The highest BCUT2D eigenvalue weighted by Gasteiger charge is 2.25. The van der Waals surface area contributed by atoms with Crippen molar-refractivity contribution in [1.29, 1.82) is 0 Å². The Labute approximate surface area is 159 Å². The molecule has 26 heavy (non-hydrogen) atoms. The summed E-state index contributed by atoms with van der Waals surface area (Å²) in [5.74, 6) is 1.49. The Morgan fingerprint density at radius 2 is 1.96 bits per heavy atom. The van der Waals surface area contributed by atoms with Gasteiger partial charge in [-0.25, -0.2) is 4.98 Å². The number of nitrogens with one attached hydrogen (secondary N) is 2. The number of thiocarbonyl (C=S) groups is 1. The van der Waals surface area contributed by atoms with Crippen molar-refractivity contribution in [3.05, 3.63) is 66.0 Å². The molecule has 0 aliphatic carbocycles. The summed E-state index contributed by atoms with van der Waals surface area (Å²) in [4.78, 5) is 10.6. The van der Waals surface area contributed by atoms with Crippen molar-refractivity contribution in [3.8, 4) is 0 Å². The average Bonchev–Trinajstić information content (AvgIpc) is 3.13. The zero-order chi connectivity index (χ0) is 17.8. The van der Waals surface area contributed by atoms with E-state index in [0.29, 0.717) is 5.92 Å². The number of para-hydroxylation sites is 2. The molecule has 1 aliphatic heterocycles. The Kier molecular flexibility index (Phi) is 5.16. The lowest BCUT2D eigenvalue weighted by Crippen LogP contribution is -2.45. The molecule has 0 unspecified atom stereocenters. The zero-order valence-corrected chi connectivity index (χ0v) is 15.6. The lowest BCUT2D eigenvalue weighted by Gasteiger charge is -2.33. The van der Waals surface area contributed by atoms with Crippen LogP contribution in [0.25, 0.3) is 11.0 Å². The van der Waals surface area contributed by atoms with Crippen LogP contribution in [-0.4, -0.2) is 39.6 Å². The number of rotatable bonds is 4. The Morgan fingerprint density at radius 3 is 2.81 bits per heavy atom. The molecule has 1 saturated heterocycles. The molecular formula is C21H24N4S. The maximum absolute atomic E-state index is 5.64. The van der Waals surface area contributed by atoms with E-state index in [1.54, 1.807) is 0 Å². The number of likely N-dealkylation sites (tertiary alicyclic amines) is 1. The van der Waals surface area contributed by atoms with Gasteiger partial charge < -0.3 is 15.2 Å². The number of fused-ring (bicyclic) bond motifs is 1. The van der Waals surface area contributed by atoms with Crippen molar-refractivity contribution in [2.75, 3.05) is 19.6 Å². The lowest BCUT2D eigenvalue weighted by atomic mass is 9.98. The quantitative estimate of drug-likeness (QED) is 0.690. The maximum atomic E-state index is 5.64. The molecule has 0 spiro atoms. The van der Waals surface area contributed by atoms with Gasteiger partial charge in [-0.3, -0.25) is 0 Å². The van der Waals surface area contributed by atoms with Crippen molar-refractivity contribution >= 4 is 28.4 Å². The number of hydrogen-bond acceptors (Lipinski definition) is 2. The molecule has 2 N–H and O–H groups in total. The SMILES string of the molecule is S=C(NCCc1ccccc1)N1CCC[C@@H](c2nc3ccccc3[nH]2)C1. The van der Waals surface area contributed by atoms with E-state index in [9.17, 15) is 0 Å². The van der Waals surface area contributed by atoms with Gasteiger partial charge >= 0.3 is 0 Å². The Balaban J connectivity index is 1.34. The molecule has 1 fully saturated rings. The number of nitrogens with zero attached hydrogens (tertiary/aromatic N) is 2. The number of H-pyrrole nitrogens is 1. The maximum Gasteiger partial charge on any atom is 0.168 e. The van der Waals surface area contributed by atoms with Gasteiger partial charge in [0, 0.05) is 25.6 Å². The van der Waals surface area contributed by atoms with Gasteiger partial charge in [-0.05, 0) is 49.2 Å².